The summed E-state index contributed by atoms with van der Waals surface area (Å²) in [5, 5.41) is 9.44. The smallest absolute Gasteiger partial charge is 0.328 e. The monoisotopic (exact) mass is 309 g/mol. The number of methoxy groups -OCH3 is 1. The van der Waals surface area contributed by atoms with Gasteiger partial charge in [-0.15, -0.1) is 0 Å². The first-order chi connectivity index (χ1) is 9.95. The first-order valence-corrected chi connectivity index (χ1v) is 7.32. The van der Waals surface area contributed by atoms with E-state index in [1.807, 2.05) is 18.2 Å². The highest BCUT2D eigenvalue weighted by atomic mass is 35.5. The van der Waals surface area contributed by atoms with Crippen LogP contribution in [0.25, 0.3) is 6.08 Å². The van der Waals surface area contributed by atoms with Crippen LogP contribution in [0.2, 0.25) is 5.02 Å². The van der Waals surface area contributed by atoms with Gasteiger partial charge in [0.2, 0.25) is 0 Å². The minimum absolute atomic E-state index is 0.203. The third kappa shape index (κ3) is 3.77. The van der Waals surface area contributed by atoms with Crippen molar-refractivity contribution in [2.45, 2.75) is 25.4 Å². The topological polar surface area (TPSA) is 49.8 Å². The second kappa shape index (κ2) is 6.50. The Morgan fingerprint density at radius 3 is 2.95 bits per heavy atom. The maximum atomic E-state index is 10.7. The van der Waals surface area contributed by atoms with Crippen LogP contribution in [0.15, 0.2) is 24.3 Å². The molecule has 4 nitrogen and oxygen atoms in total. The van der Waals surface area contributed by atoms with Crippen LogP contribution in [-0.2, 0) is 9.53 Å². The molecule has 0 spiro atoms. The number of nitrogens with zero attached hydrogens (tertiary/aromatic N) is 1. The van der Waals surface area contributed by atoms with Gasteiger partial charge in [-0.3, -0.25) is 0 Å². The third-order valence-corrected chi connectivity index (χ3v) is 4.20. The van der Waals surface area contributed by atoms with E-state index in [1.165, 1.54) is 0 Å². The zero-order valence-corrected chi connectivity index (χ0v) is 13.1. The van der Waals surface area contributed by atoms with Crippen LogP contribution < -0.4 is 4.90 Å². The molecule has 114 valence electrons. The SMILES string of the molecule is COC1(C)CCCN(c2c(Cl)cccc2/C=C/C(=O)O)C1. The van der Waals surface area contributed by atoms with E-state index >= 15 is 0 Å². The van der Waals surface area contributed by atoms with Crippen molar-refractivity contribution < 1.29 is 14.6 Å². The molecule has 21 heavy (non-hydrogen) atoms. The number of para-hydroxylation sites is 1. The first-order valence-electron chi connectivity index (χ1n) is 6.95. The third-order valence-electron chi connectivity index (χ3n) is 3.89. The van der Waals surface area contributed by atoms with Gasteiger partial charge in [-0.1, -0.05) is 23.7 Å². The Balaban J connectivity index is 2.36. The Labute approximate surface area is 130 Å². The summed E-state index contributed by atoms with van der Waals surface area (Å²) in [4.78, 5) is 12.9. The molecule has 1 fully saturated rings. The summed E-state index contributed by atoms with van der Waals surface area (Å²) < 4.78 is 5.61. The van der Waals surface area contributed by atoms with Crippen LogP contribution in [0.1, 0.15) is 25.3 Å². The number of hydrogen-bond donors (Lipinski definition) is 1. The Morgan fingerprint density at radius 1 is 1.52 bits per heavy atom. The predicted octanol–water partition coefficient (Wildman–Crippen LogP) is 3.44. The lowest BCUT2D eigenvalue weighted by atomic mass is 9.93. The molecule has 1 aliphatic heterocycles. The lowest BCUT2D eigenvalue weighted by molar-refractivity contribution is -0.131. The molecule has 1 saturated heterocycles. The van der Waals surface area contributed by atoms with Gasteiger partial charge in [0.1, 0.15) is 0 Å². The summed E-state index contributed by atoms with van der Waals surface area (Å²) in [5.74, 6) is -0.971. The van der Waals surface area contributed by atoms with E-state index < -0.39 is 5.97 Å². The number of carbonyl (C=O) groups is 1. The molecule has 0 saturated carbocycles. The zero-order chi connectivity index (χ0) is 15.5. The second-order valence-electron chi connectivity index (χ2n) is 5.53. The molecule has 1 aliphatic rings. The Kier molecular flexibility index (Phi) is 4.91. The van der Waals surface area contributed by atoms with Crippen molar-refractivity contribution in [1.29, 1.82) is 0 Å². The van der Waals surface area contributed by atoms with Crippen molar-refractivity contribution in [3.63, 3.8) is 0 Å². The maximum Gasteiger partial charge on any atom is 0.328 e. The number of benzene rings is 1. The van der Waals surface area contributed by atoms with Gasteiger partial charge in [0, 0.05) is 26.3 Å². The first kappa shape index (κ1) is 15.9. The van der Waals surface area contributed by atoms with Gasteiger partial charge < -0.3 is 14.7 Å². The van der Waals surface area contributed by atoms with Crippen LogP contribution in [0.3, 0.4) is 0 Å². The molecule has 1 aromatic rings. The molecule has 1 atom stereocenters. The molecule has 0 bridgehead atoms. The van der Waals surface area contributed by atoms with E-state index in [0.29, 0.717) is 5.02 Å². The van der Waals surface area contributed by atoms with Crippen molar-refractivity contribution >= 4 is 29.3 Å². The van der Waals surface area contributed by atoms with Crippen molar-refractivity contribution in [3.8, 4) is 0 Å². The van der Waals surface area contributed by atoms with E-state index in [9.17, 15) is 4.79 Å². The van der Waals surface area contributed by atoms with Crippen LogP contribution in [0.5, 0.6) is 0 Å². The van der Waals surface area contributed by atoms with Crippen LogP contribution >= 0.6 is 11.6 Å². The van der Waals surface area contributed by atoms with E-state index in [-0.39, 0.29) is 5.60 Å². The fourth-order valence-corrected chi connectivity index (χ4v) is 3.03. The Bertz CT molecular complexity index is 558. The number of carboxylic acids is 1. The van der Waals surface area contributed by atoms with Gasteiger partial charge in [-0.25, -0.2) is 4.79 Å². The number of piperidine rings is 1. The number of hydrogen-bond acceptors (Lipinski definition) is 3. The standard InChI is InChI=1S/C16H20ClNO3/c1-16(21-2)9-4-10-18(11-16)15-12(7-8-14(19)20)5-3-6-13(15)17/h3,5-8H,4,9-11H2,1-2H3,(H,19,20)/b8-7+. The summed E-state index contributed by atoms with van der Waals surface area (Å²) in [6.07, 6.45) is 4.74. The van der Waals surface area contributed by atoms with Crippen molar-refractivity contribution in [2.75, 3.05) is 25.1 Å². The molecule has 0 aliphatic carbocycles. The summed E-state index contributed by atoms with van der Waals surface area (Å²) in [5.41, 5.74) is 1.48. The van der Waals surface area contributed by atoms with Gasteiger partial charge in [-0.05, 0) is 37.5 Å². The Hall–Kier alpha value is -1.52. The molecular formula is C16H20ClNO3. The molecule has 0 radical (unpaired) electrons. The highest BCUT2D eigenvalue weighted by molar-refractivity contribution is 6.33. The predicted molar refractivity (Wildman–Crippen MR) is 85.0 cm³/mol. The molecule has 1 unspecified atom stereocenters. The number of carboxylic acid groups (broad SMARTS) is 1. The minimum atomic E-state index is -0.971. The fourth-order valence-electron chi connectivity index (χ4n) is 2.72. The summed E-state index contributed by atoms with van der Waals surface area (Å²) >= 11 is 6.35. The number of rotatable bonds is 4. The van der Waals surface area contributed by atoms with Crippen LogP contribution in [-0.4, -0.2) is 36.9 Å². The molecule has 2 rings (SSSR count). The van der Waals surface area contributed by atoms with E-state index in [2.05, 4.69) is 11.8 Å². The number of anilines is 1. The molecule has 1 aromatic carbocycles. The number of ether oxygens (including phenoxy) is 1. The second-order valence-corrected chi connectivity index (χ2v) is 5.94. The van der Waals surface area contributed by atoms with Crippen molar-refractivity contribution in [3.05, 3.63) is 34.9 Å². The average Bonchev–Trinajstić information content (AvgIpc) is 2.45. The largest absolute Gasteiger partial charge is 0.478 e. The van der Waals surface area contributed by atoms with E-state index in [4.69, 9.17) is 21.4 Å². The van der Waals surface area contributed by atoms with Gasteiger partial charge in [0.05, 0.1) is 16.3 Å². The molecular weight excluding hydrogens is 290 g/mol. The molecule has 1 N–H and O–H groups in total. The lowest BCUT2D eigenvalue weighted by Gasteiger charge is -2.41. The zero-order valence-electron chi connectivity index (χ0n) is 12.3. The maximum absolute atomic E-state index is 10.7. The van der Waals surface area contributed by atoms with Crippen molar-refractivity contribution in [1.82, 2.24) is 0 Å². The van der Waals surface area contributed by atoms with Gasteiger partial charge in [0.15, 0.2) is 0 Å². The molecule has 0 amide bonds. The molecule has 0 aromatic heterocycles. The highest BCUT2D eigenvalue weighted by Gasteiger charge is 2.32. The van der Waals surface area contributed by atoms with Gasteiger partial charge in [0.25, 0.3) is 0 Å². The minimum Gasteiger partial charge on any atom is -0.478 e. The molecule has 1 heterocycles. The fraction of sp³-hybridized carbons (Fsp3) is 0.438. The summed E-state index contributed by atoms with van der Waals surface area (Å²) in [7, 11) is 1.72. The average molecular weight is 310 g/mol. The highest BCUT2D eigenvalue weighted by Crippen LogP contribution is 2.35. The van der Waals surface area contributed by atoms with Gasteiger partial charge in [-0.2, -0.15) is 0 Å². The normalized spacial score (nSPS) is 22.7. The van der Waals surface area contributed by atoms with Crippen LogP contribution in [0.4, 0.5) is 5.69 Å². The summed E-state index contributed by atoms with van der Waals surface area (Å²) in [6, 6.07) is 5.53. The van der Waals surface area contributed by atoms with E-state index in [0.717, 1.165) is 43.3 Å². The summed E-state index contributed by atoms with van der Waals surface area (Å²) in [6.45, 7) is 3.71. The van der Waals surface area contributed by atoms with Crippen molar-refractivity contribution in [2.24, 2.45) is 0 Å². The lowest BCUT2D eigenvalue weighted by Crippen LogP contribution is -2.47. The quantitative estimate of drug-likeness (QED) is 0.866. The van der Waals surface area contributed by atoms with Crippen LogP contribution in [0, 0.1) is 0 Å². The Morgan fingerprint density at radius 2 is 2.29 bits per heavy atom. The van der Waals surface area contributed by atoms with Gasteiger partial charge >= 0.3 is 5.97 Å². The molecule has 5 heteroatoms. The number of aliphatic carboxylic acids is 1. The number of halogens is 1. The van der Waals surface area contributed by atoms with E-state index in [1.54, 1.807) is 13.2 Å².